The van der Waals surface area contributed by atoms with Gasteiger partial charge in [-0.1, -0.05) is 56.1 Å². The Balaban J connectivity index is 2.08. The molecule has 0 amide bonds. The van der Waals surface area contributed by atoms with Crippen LogP contribution in [0.1, 0.15) is 48.5 Å². The molecule has 0 radical (unpaired) electrons. The highest BCUT2D eigenvalue weighted by atomic mass is 79.9. The third kappa shape index (κ3) is 5.55. The molecule has 0 saturated heterocycles. The lowest BCUT2D eigenvalue weighted by Gasteiger charge is -2.25. The van der Waals surface area contributed by atoms with E-state index in [-0.39, 0.29) is 9.65 Å². The zero-order chi connectivity index (χ0) is 18.8. The van der Waals surface area contributed by atoms with Crippen molar-refractivity contribution < 1.29 is 14.9 Å². The number of benzene rings is 2. The van der Waals surface area contributed by atoms with Crippen molar-refractivity contribution in [3.05, 3.63) is 59.7 Å². The number of rotatable bonds is 6. The van der Waals surface area contributed by atoms with Gasteiger partial charge in [-0.25, -0.2) is 0 Å². The molecular formula is C20H24Br2O3. The fourth-order valence-corrected chi connectivity index (χ4v) is 2.97. The molecule has 2 N–H and O–H groups in total. The van der Waals surface area contributed by atoms with E-state index in [1.807, 2.05) is 48.5 Å². The molecule has 136 valence electrons. The Labute approximate surface area is 166 Å². The summed E-state index contributed by atoms with van der Waals surface area (Å²) in [5.74, 6) is 1.45. The standard InChI is InChI=1S/C20H24Br2O3/c1-19(2,23)17(21)13-5-9-15(10-6-13)25-16-11-7-14(8-12-16)18(22)20(3,4)24/h5-12,17-18,23-24H,1-4H3. The quantitative estimate of drug-likeness (QED) is 0.516. The van der Waals surface area contributed by atoms with E-state index in [9.17, 15) is 10.2 Å². The smallest absolute Gasteiger partial charge is 0.127 e. The summed E-state index contributed by atoms with van der Waals surface area (Å²) >= 11 is 7.04. The van der Waals surface area contributed by atoms with E-state index in [2.05, 4.69) is 31.9 Å². The average molecular weight is 472 g/mol. The van der Waals surface area contributed by atoms with E-state index in [1.54, 1.807) is 27.7 Å². The van der Waals surface area contributed by atoms with Crippen LogP contribution in [0.25, 0.3) is 0 Å². The molecule has 2 rings (SSSR count). The molecule has 0 aromatic heterocycles. The molecule has 0 heterocycles. The van der Waals surface area contributed by atoms with Crippen molar-refractivity contribution in [3.63, 3.8) is 0 Å². The van der Waals surface area contributed by atoms with Crippen LogP contribution in [0.15, 0.2) is 48.5 Å². The maximum absolute atomic E-state index is 10.1. The van der Waals surface area contributed by atoms with Crippen molar-refractivity contribution in [2.24, 2.45) is 0 Å². The maximum atomic E-state index is 10.1. The van der Waals surface area contributed by atoms with E-state index in [4.69, 9.17) is 4.74 Å². The number of aliphatic hydroxyl groups is 2. The molecule has 5 heteroatoms. The minimum absolute atomic E-state index is 0.147. The molecular weight excluding hydrogens is 448 g/mol. The lowest BCUT2D eigenvalue weighted by molar-refractivity contribution is 0.0790. The average Bonchev–Trinajstić information content (AvgIpc) is 2.53. The summed E-state index contributed by atoms with van der Waals surface area (Å²) in [7, 11) is 0. The van der Waals surface area contributed by atoms with Gasteiger partial charge in [-0.3, -0.25) is 0 Å². The third-order valence-corrected chi connectivity index (χ3v) is 7.12. The van der Waals surface area contributed by atoms with Gasteiger partial charge in [-0.05, 0) is 63.1 Å². The van der Waals surface area contributed by atoms with Crippen LogP contribution < -0.4 is 4.74 Å². The normalized spacial score (nSPS) is 14.9. The van der Waals surface area contributed by atoms with Gasteiger partial charge in [0.25, 0.3) is 0 Å². The summed E-state index contributed by atoms with van der Waals surface area (Å²) < 4.78 is 5.86. The van der Waals surface area contributed by atoms with Crippen molar-refractivity contribution >= 4 is 31.9 Å². The fraction of sp³-hybridized carbons (Fsp3) is 0.400. The summed E-state index contributed by atoms with van der Waals surface area (Å²) in [6.45, 7) is 7.07. The first kappa shape index (κ1) is 20.4. The van der Waals surface area contributed by atoms with Crippen molar-refractivity contribution in [3.8, 4) is 11.5 Å². The Bertz CT molecular complexity index is 621. The summed E-state index contributed by atoms with van der Waals surface area (Å²) in [4.78, 5) is -0.294. The second kappa shape index (κ2) is 7.78. The second-order valence-corrected chi connectivity index (χ2v) is 9.10. The zero-order valence-corrected chi connectivity index (χ0v) is 18.0. The first-order chi connectivity index (χ1) is 11.5. The molecule has 2 aromatic rings. The fourth-order valence-electron chi connectivity index (χ4n) is 2.36. The number of halogens is 2. The Morgan fingerprint density at radius 2 is 0.960 bits per heavy atom. The molecule has 2 atom stereocenters. The van der Waals surface area contributed by atoms with Gasteiger partial charge in [0, 0.05) is 0 Å². The Morgan fingerprint density at radius 1 is 0.680 bits per heavy atom. The third-order valence-electron chi connectivity index (χ3n) is 3.82. The van der Waals surface area contributed by atoms with Crippen LogP contribution >= 0.6 is 31.9 Å². The van der Waals surface area contributed by atoms with Crippen LogP contribution in [0.3, 0.4) is 0 Å². The van der Waals surface area contributed by atoms with Crippen molar-refractivity contribution in [2.75, 3.05) is 0 Å². The van der Waals surface area contributed by atoms with Crippen molar-refractivity contribution in [1.29, 1.82) is 0 Å². The molecule has 0 bridgehead atoms. The predicted octanol–water partition coefficient (Wildman–Crippen LogP) is 5.89. The molecule has 25 heavy (non-hydrogen) atoms. The summed E-state index contributed by atoms with van der Waals surface area (Å²) in [6, 6.07) is 15.3. The Kier molecular flexibility index (Phi) is 6.36. The first-order valence-electron chi connectivity index (χ1n) is 8.09. The second-order valence-electron chi connectivity index (χ2n) is 7.27. The summed E-state index contributed by atoms with van der Waals surface area (Å²) in [6.07, 6.45) is 0. The lowest BCUT2D eigenvalue weighted by atomic mass is 9.98. The molecule has 0 saturated carbocycles. The zero-order valence-electron chi connectivity index (χ0n) is 14.8. The van der Waals surface area contributed by atoms with Crippen molar-refractivity contribution in [2.45, 2.75) is 48.6 Å². The van der Waals surface area contributed by atoms with Gasteiger partial charge in [-0.2, -0.15) is 0 Å². The molecule has 0 fully saturated rings. The molecule has 0 spiro atoms. The Hall–Kier alpha value is -0.880. The minimum Gasteiger partial charge on any atom is -0.457 e. The monoisotopic (exact) mass is 470 g/mol. The van der Waals surface area contributed by atoms with E-state index in [1.165, 1.54) is 0 Å². The number of alkyl halides is 2. The van der Waals surface area contributed by atoms with Gasteiger partial charge in [0.05, 0.1) is 20.9 Å². The molecule has 2 aromatic carbocycles. The minimum atomic E-state index is -0.842. The Morgan fingerprint density at radius 3 is 1.20 bits per heavy atom. The van der Waals surface area contributed by atoms with Crippen LogP contribution in [0.2, 0.25) is 0 Å². The van der Waals surface area contributed by atoms with Crippen LogP contribution in [-0.2, 0) is 0 Å². The van der Waals surface area contributed by atoms with Crippen molar-refractivity contribution in [1.82, 2.24) is 0 Å². The highest BCUT2D eigenvalue weighted by molar-refractivity contribution is 9.09. The first-order valence-corrected chi connectivity index (χ1v) is 9.92. The van der Waals surface area contributed by atoms with Crippen LogP contribution in [0.5, 0.6) is 11.5 Å². The van der Waals surface area contributed by atoms with E-state index in [0.717, 1.165) is 22.6 Å². The van der Waals surface area contributed by atoms with Crippen LogP contribution in [0, 0.1) is 0 Å². The van der Waals surface area contributed by atoms with E-state index >= 15 is 0 Å². The van der Waals surface area contributed by atoms with Gasteiger partial charge < -0.3 is 14.9 Å². The molecule has 0 aliphatic carbocycles. The number of hydrogen-bond acceptors (Lipinski definition) is 3. The molecule has 3 nitrogen and oxygen atoms in total. The van der Waals surface area contributed by atoms with Gasteiger partial charge in [0.15, 0.2) is 0 Å². The highest BCUT2D eigenvalue weighted by Gasteiger charge is 2.26. The van der Waals surface area contributed by atoms with Crippen LogP contribution in [0.4, 0.5) is 0 Å². The van der Waals surface area contributed by atoms with E-state index < -0.39 is 11.2 Å². The predicted molar refractivity (Wildman–Crippen MR) is 109 cm³/mol. The summed E-state index contributed by atoms with van der Waals surface area (Å²) in [5, 5.41) is 20.1. The summed E-state index contributed by atoms with van der Waals surface area (Å²) in [5.41, 5.74) is 0.292. The number of hydrogen-bond donors (Lipinski definition) is 2. The highest BCUT2D eigenvalue weighted by Crippen LogP contribution is 2.36. The topological polar surface area (TPSA) is 49.7 Å². The van der Waals surface area contributed by atoms with Gasteiger partial charge in [0.1, 0.15) is 11.5 Å². The van der Waals surface area contributed by atoms with Gasteiger partial charge in [0.2, 0.25) is 0 Å². The number of ether oxygens (including phenoxy) is 1. The van der Waals surface area contributed by atoms with E-state index in [0.29, 0.717) is 0 Å². The molecule has 0 aliphatic rings. The molecule has 2 unspecified atom stereocenters. The van der Waals surface area contributed by atoms with Crippen LogP contribution in [-0.4, -0.2) is 21.4 Å². The maximum Gasteiger partial charge on any atom is 0.127 e. The van der Waals surface area contributed by atoms with Gasteiger partial charge >= 0.3 is 0 Å². The SMILES string of the molecule is CC(C)(O)C(Br)c1ccc(Oc2ccc(C(Br)C(C)(C)O)cc2)cc1. The lowest BCUT2D eigenvalue weighted by Crippen LogP contribution is -2.24. The largest absolute Gasteiger partial charge is 0.457 e. The molecule has 0 aliphatic heterocycles. The van der Waals surface area contributed by atoms with Gasteiger partial charge in [-0.15, -0.1) is 0 Å².